The summed E-state index contributed by atoms with van der Waals surface area (Å²) in [5.41, 5.74) is 0. The lowest BCUT2D eigenvalue weighted by Crippen LogP contribution is -2.35. The summed E-state index contributed by atoms with van der Waals surface area (Å²) >= 11 is 0. The van der Waals surface area contributed by atoms with Crippen molar-refractivity contribution < 1.29 is 14.7 Å². The Morgan fingerprint density at radius 3 is 2.17 bits per heavy atom. The number of rotatable bonds is 2. The lowest BCUT2D eigenvalue weighted by atomic mass is 9.99. The molecule has 2 unspecified atom stereocenters. The van der Waals surface area contributed by atoms with Crippen LogP contribution in [0.4, 0.5) is 0 Å². The van der Waals surface area contributed by atoms with Crippen molar-refractivity contribution in [2.45, 2.75) is 45.4 Å². The molecule has 18 heavy (non-hydrogen) atoms. The van der Waals surface area contributed by atoms with Crippen molar-refractivity contribution in [3.05, 3.63) is 0 Å². The largest absolute Gasteiger partial charge is 0.481 e. The number of carboxylic acids is 1. The standard InChI is InChI=1S/C14H23NO3/c1-10-8-15(9-12(10)14(17)18)13(16)11-6-4-2-3-5-7-11/h10-12H,2-9H2,1H3,(H,17,18). The minimum Gasteiger partial charge on any atom is -0.481 e. The van der Waals surface area contributed by atoms with E-state index in [4.69, 9.17) is 5.11 Å². The van der Waals surface area contributed by atoms with Gasteiger partial charge in [-0.3, -0.25) is 9.59 Å². The molecule has 1 N–H and O–H groups in total. The van der Waals surface area contributed by atoms with E-state index in [1.165, 1.54) is 12.8 Å². The molecule has 102 valence electrons. The third kappa shape index (κ3) is 2.85. The second-order valence-electron chi connectivity index (χ2n) is 5.85. The van der Waals surface area contributed by atoms with Crippen LogP contribution in [0.15, 0.2) is 0 Å². The second-order valence-corrected chi connectivity index (χ2v) is 5.85. The number of likely N-dealkylation sites (tertiary alicyclic amines) is 1. The Labute approximate surface area is 108 Å². The van der Waals surface area contributed by atoms with Gasteiger partial charge < -0.3 is 10.0 Å². The summed E-state index contributed by atoms with van der Waals surface area (Å²) in [5, 5.41) is 9.10. The molecule has 1 heterocycles. The number of hydrogen-bond donors (Lipinski definition) is 1. The smallest absolute Gasteiger partial charge is 0.308 e. The normalized spacial score (nSPS) is 30.2. The van der Waals surface area contributed by atoms with Gasteiger partial charge in [0.2, 0.25) is 5.91 Å². The number of carboxylic acid groups (broad SMARTS) is 1. The Bertz CT molecular complexity index is 321. The fraction of sp³-hybridized carbons (Fsp3) is 0.857. The summed E-state index contributed by atoms with van der Waals surface area (Å²) in [7, 11) is 0. The fourth-order valence-corrected chi connectivity index (χ4v) is 3.25. The number of aliphatic carboxylic acids is 1. The van der Waals surface area contributed by atoms with Crippen molar-refractivity contribution in [3.63, 3.8) is 0 Å². The summed E-state index contributed by atoms with van der Waals surface area (Å²) in [6.07, 6.45) is 6.73. The van der Waals surface area contributed by atoms with Crippen molar-refractivity contribution in [1.29, 1.82) is 0 Å². The molecule has 1 saturated carbocycles. The molecule has 2 rings (SSSR count). The van der Waals surface area contributed by atoms with Gasteiger partial charge in [-0.25, -0.2) is 0 Å². The van der Waals surface area contributed by atoms with Gasteiger partial charge in [-0.1, -0.05) is 32.6 Å². The minimum atomic E-state index is -0.765. The van der Waals surface area contributed by atoms with Crippen LogP contribution in [-0.4, -0.2) is 35.0 Å². The molecule has 1 amide bonds. The quantitative estimate of drug-likeness (QED) is 0.767. The van der Waals surface area contributed by atoms with E-state index >= 15 is 0 Å². The molecule has 4 nitrogen and oxygen atoms in total. The van der Waals surface area contributed by atoms with E-state index in [-0.39, 0.29) is 23.7 Å². The van der Waals surface area contributed by atoms with Crippen LogP contribution in [0.1, 0.15) is 45.4 Å². The maximum atomic E-state index is 12.4. The molecule has 0 aromatic rings. The van der Waals surface area contributed by atoms with Crippen LogP contribution < -0.4 is 0 Å². The molecule has 4 heteroatoms. The number of nitrogens with zero attached hydrogens (tertiary/aromatic N) is 1. The highest BCUT2D eigenvalue weighted by Gasteiger charge is 2.38. The van der Waals surface area contributed by atoms with E-state index < -0.39 is 5.97 Å². The Kier molecular flexibility index (Phi) is 4.25. The second kappa shape index (κ2) is 5.72. The van der Waals surface area contributed by atoms with Crippen molar-refractivity contribution in [2.75, 3.05) is 13.1 Å². The van der Waals surface area contributed by atoms with Crippen LogP contribution in [0.5, 0.6) is 0 Å². The monoisotopic (exact) mass is 253 g/mol. The first-order valence-corrected chi connectivity index (χ1v) is 7.11. The number of amides is 1. The number of carbonyl (C=O) groups excluding carboxylic acids is 1. The van der Waals surface area contributed by atoms with Gasteiger partial charge in [-0.05, 0) is 18.8 Å². The van der Waals surface area contributed by atoms with Crippen LogP contribution in [0.3, 0.4) is 0 Å². The molecule has 1 saturated heterocycles. The molecule has 0 aromatic heterocycles. The van der Waals surface area contributed by atoms with Gasteiger partial charge in [0.15, 0.2) is 0 Å². The van der Waals surface area contributed by atoms with Crippen LogP contribution >= 0.6 is 0 Å². The van der Waals surface area contributed by atoms with Gasteiger partial charge in [0, 0.05) is 19.0 Å². The van der Waals surface area contributed by atoms with Gasteiger partial charge in [0.05, 0.1) is 5.92 Å². The maximum Gasteiger partial charge on any atom is 0.308 e. The highest BCUT2D eigenvalue weighted by Crippen LogP contribution is 2.29. The molecule has 1 aliphatic carbocycles. The first-order chi connectivity index (χ1) is 8.59. The molecule has 2 aliphatic rings. The Morgan fingerprint density at radius 1 is 1.06 bits per heavy atom. The summed E-state index contributed by atoms with van der Waals surface area (Å²) in [4.78, 5) is 25.3. The molecular formula is C14H23NO3. The third-order valence-corrected chi connectivity index (χ3v) is 4.45. The summed E-state index contributed by atoms with van der Waals surface area (Å²) < 4.78 is 0. The van der Waals surface area contributed by atoms with E-state index in [1.807, 2.05) is 6.92 Å². The molecule has 2 atom stereocenters. The highest BCUT2D eigenvalue weighted by molar-refractivity contribution is 5.81. The van der Waals surface area contributed by atoms with E-state index in [9.17, 15) is 9.59 Å². The van der Waals surface area contributed by atoms with Crippen LogP contribution in [0.2, 0.25) is 0 Å². The van der Waals surface area contributed by atoms with E-state index in [1.54, 1.807) is 4.90 Å². The van der Waals surface area contributed by atoms with Crippen molar-refractivity contribution in [3.8, 4) is 0 Å². The number of hydrogen-bond acceptors (Lipinski definition) is 2. The fourth-order valence-electron chi connectivity index (χ4n) is 3.25. The maximum absolute atomic E-state index is 12.4. The van der Waals surface area contributed by atoms with E-state index in [0.717, 1.165) is 25.7 Å². The zero-order valence-corrected chi connectivity index (χ0v) is 11.1. The van der Waals surface area contributed by atoms with Gasteiger partial charge in [-0.15, -0.1) is 0 Å². The Morgan fingerprint density at radius 2 is 1.67 bits per heavy atom. The van der Waals surface area contributed by atoms with Crippen LogP contribution in [-0.2, 0) is 9.59 Å². The topological polar surface area (TPSA) is 57.6 Å². The Hall–Kier alpha value is -1.06. The summed E-state index contributed by atoms with van der Waals surface area (Å²) in [6, 6.07) is 0. The predicted octanol–water partition coefficient (Wildman–Crippen LogP) is 2.14. The molecule has 0 bridgehead atoms. The molecule has 0 spiro atoms. The summed E-state index contributed by atoms with van der Waals surface area (Å²) in [5.74, 6) is -0.713. The van der Waals surface area contributed by atoms with Gasteiger partial charge in [0.1, 0.15) is 0 Å². The van der Waals surface area contributed by atoms with Gasteiger partial charge in [-0.2, -0.15) is 0 Å². The summed E-state index contributed by atoms with van der Waals surface area (Å²) in [6.45, 7) is 2.96. The average molecular weight is 253 g/mol. The minimum absolute atomic E-state index is 0.0808. The zero-order chi connectivity index (χ0) is 13.1. The number of carbonyl (C=O) groups is 2. The molecule has 1 aliphatic heterocycles. The lowest BCUT2D eigenvalue weighted by Gasteiger charge is -2.22. The predicted molar refractivity (Wildman–Crippen MR) is 68.1 cm³/mol. The molecular weight excluding hydrogens is 230 g/mol. The van der Waals surface area contributed by atoms with Crippen LogP contribution in [0, 0.1) is 17.8 Å². The van der Waals surface area contributed by atoms with Crippen molar-refractivity contribution >= 4 is 11.9 Å². The van der Waals surface area contributed by atoms with Gasteiger partial charge >= 0.3 is 5.97 Å². The molecule has 2 fully saturated rings. The SMILES string of the molecule is CC1CN(C(=O)C2CCCCCC2)CC1C(=O)O. The van der Waals surface area contributed by atoms with Crippen molar-refractivity contribution in [2.24, 2.45) is 17.8 Å². The van der Waals surface area contributed by atoms with Crippen molar-refractivity contribution in [1.82, 2.24) is 4.90 Å². The lowest BCUT2D eigenvalue weighted by molar-refractivity contribution is -0.142. The zero-order valence-electron chi connectivity index (χ0n) is 11.1. The molecule has 0 radical (unpaired) electrons. The third-order valence-electron chi connectivity index (χ3n) is 4.45. The van der Waals surface area contributed by atoms with Crippen LogP contribution in [0.25, 0.3) is 0 Å². The first kappa shape index (κ1) is 13.4. The van der Waals surface area contributed by atoms with E-state index in [2.05, 4.69) is 0 Å². The van der Waals surface area contributed by atoms with E-state index in [0.29, 0.717) is 13.1 Å². The first-order valence-electron chi connectivity index (χ1n) is 7.11. The Balaban J connectivity index is 1.95. The average Bonchev–Trinajstić information content (AvgIpc) is 2.56. The molecule has 0 aromatic carbocycles. The van der Waals surface area contributed by atoms with Gasteiger partial charge in [0.25, 0.3) is 0 Å². The highest BCUT2D eigenvalue weighted by atomic mass is 16.4.